The highest BCUT2D eigenvalue weighted by Gasteiger charge is 2.47. The van der Waals surface area contributed by atoms with Gasteiger partial charge in [-0.05, 0) is 11.1 Å². The van der Waals surface area contributed by atoms with Gasteiger partial charge in [0.2, 0.25) is 0 Å². The van der Waals surface area contributed by atoms with Gasteiger partial charge in [0.25, 0.3) is 0 Å². The molecule has 0 spiro atoms. The van der Waals surface area contributed by atoms with Crippen molar-refractivity contribution in [3.63, 3.8) is 0 Å². The number of benzene rings is 2. The Bertz CT molecular complexity index is 910. The molecule has 1 aromatic heterocycles. The van der Waals surface area contributed by atoms with Gasteiger partial charge in [-0.2, -0.15) is 8.42 Å². The van der Waals surface area contributed by atoms with Crippen LogP contribution in [0, 0.1) is 0 Å². The number of hydrogen-bond acceptors (Lipinski definition) is 5. The van der Waals surface area contributed by atoms with E-state index in [-0.39, 0.29) is 5.97 Å². The third-order valence-electron chi connectivity index (χ3n) is 3.76. The highest BCUT2D eigenvalue weighted by Crippen LogP contribution is 2.38. The number of nitrogens with zero attached hydrogens (tertiary/aromatic N) is 1. The molecule has 9 heteroatoms. The Kier molecular flexibility index (Phi) is 6.45. The molecule has 3 rings (SSSR count). The summed E-state index contributed by atoms with van der Waals surface area (Å²) >= 11 is 0. The Morgan fingerprint density at radius 2 is 1.44 bits per heavy atom. The molecule has 0 aliphatic carbocycles. The first-order valence-corrected chi connectivity index (χ1v) is 9.09. The molecular weight excluding hydrogens is 372 g/mol. The van der Waals surface area contributed by atoms with E-state index in [2.05, 4.69) is 9.97 Å². The van der Waals surface area contributed by atoms with Crippen LogP contribution < -0.4 is 0 Å². The molecule has 0 saturated heterocycles. The second-order valence-electron chi connectivity index (χ2n) is 5.36. The number of H-pyrrole nitrogens is 1. The van der Waals surface area contributed by atoms with E-state index >= 15 is 0 Å². The number of imidazole rings is 1. The summed E-state index contributed by atoms with van der Waals surface area (Å²) in [5.74, 6) is 0.164. The first-order chi connectivity index (χ1) is 12.8. The minimum Gasteiger partial charge on any atom is -0.468 e. The minimum atomic E-state index is -4.67. The lowest BCUT2D eigenvalue weighted by Gasteiger charge is -2.30. The Morgan fingerprint density at radius 3 is 1.78 bits per heavy atom. The van der Waals surface area contributed by atoms with Gasteiger partial charge in [-0.25, -0.2) is 4.98 Å². The number of methoxy groups -OCH3 is 1. The van der Waals surface area contributed by atoms with Crippen molar-refractivity contribution in [2.75, 3.05) is 7.11 Å². The van der Waals surface area contributed by atoms with Crippen molar-refractivity contribution in [1.82, 2.24) is 9.97 Å². The topological polar surface area (TPSA) is 130 Å². The van der Waals surface area contributed by atoms with Gasteiger partial charge in [0.05, 0.1) is 7.11 Å². The van der Waals surface area contributed by atoms with Crippen LogP contribution in [0.4, 0.5) is 0 Å². The lowest BCUT2D eigenvalue weighted by atomic mass is 9.73. The summed E-state index contributed by atoms with van der Waals surface area (Å²) in [5, 5.41) is 0. The van der Waals surface area contributed by atoms with Crippen molar-refractivity contribution in [3.8, 4) is 0 Å². The Hall–Kier alpha value is -3.01. The van der Waals surface area contributed by atoms with Gasteiger partial charge in [0.1, 0.15) is 5.82 Å². The number of esters is 1. The molecule has 0 amide bonds. The van der Waals surface area contributed by atoms with Crippen molar-refractivity contribution in [3.05, 3.63) is 90.0 Å². The second-order valence-corrected chi connectivity index (χ2v) is 6.25. The van der Waals surface area contributed by atoms with Crippen LogP contribution in [-0.4, -0.2) is 40.6 Å². The maximum absolute atomic E-state index is 12.9. The molecule has 0 aliphatic heterocycles. The lowest BCUT2D eigenvalue weighted by molar-refractivity contribution is -0.144. The van der Waals surface area contributed by atoms with E-state index in [1.807, 2.05) is 60.7 Å². The van der Waals surface area contributed by atoms with E-state index in [1.54, 1.807) is 12.4 Å². The molecule has 1 heterocycles. The summed E-state index contributed by atoms with van der Waals surface area (Å²) in [6.45, 7) is 0. The average Bonchev–Trinajstić information content (AvgIpc) is 3.17. The third kappa shape index (κ3) is 4.79. The number of rotatable bonds is 4. The average molecular weight is 390 g/mol. The molecule has 0 bridgehead atoms. The van der Waals surface area contributed by atoms with E-state index in [0.717, 1.165) is 11.1 Å². The first-order valence-electron chi connectivity index (χ1n) is 7.69. The quantitative estimate of drug-likeness (QED) is 0.460. The zero-order valence-electron chi connectivity index (χ0n) is 14.3. The fourth-order valence-corrected chi connectivity index (χ4v) is 2.77. The Labute approximate surface area is 156 Å². The summed E-state index contributed by atoms with van der Waals surface area (Å²) in [6, 6.07) is 19.1. The maximum Gasteiger partial charge on any atom is 0.394 e. The van der Waals surface area contributed by atoms with Crippen LogP contribution in [0.25, 0.3) is 0 Å². The summed E-state index contributed by atoms with van der Waals surface area (Å²) < 4.78 is 36.7. The monoisotopic (exact) mass is 390 g/mol. The highest BCUT2D eigenvalue weighted by molar-refractivity contribution is 7.79. The molecule has 8 nitrogen and oxygen atoms in total. The third-order valence-corrected chi connectivity index (χ3v) is 3.76. The van der Waals surface area contributed by atoms with Crippen molar-refractivity contribution in [2.45, 2.75) is 5.41 Å². The summed E-state index contributed by atoms with van der Waals surface area (Å²) in [7, 11) is -3.27. The lowest BCUT2D eigenvalue weighted by Crippen LogP contribution is -2.40. The van der Waals surface area contributed by atoms with Crippen LogP contribution in [0.3, 0.4) is 0 Å². The van der Waals surface area contributed by atoms with Gasteiger partial charge in [-0.3, -0.25) is 13.9 Å². The molecular formula is C18H18N2O6S. The standard InChI is InChI=1S/C18H16N2O2.H2O4S/c1-22-17(21)18(16-19-12-13-20-16,14-8-4-2-5-9-14)15-10-6-3-7-11-15;1-5(2,3)4/h2-13H,1H3,(H,19,20);(H2,1,2,3,4). The smallest absolute Gasteiger partial charge is 0.394 e. The fraction of sp³-hybridized carbons (Fsp3) is 0.111. The number of nitrogens with one attached hydrogen (secondary N) is 1. The Balaban J connectivity index is 0.000000465. The Morgan fingerprint density at radius 1 is 1.00 bits per heavy atom. The van der Waals surface area contributed by atoms with Gasteiger partial charge >= 0.3 is 16.4 Å². The molecule has 0 radical (unpaired) electrons. The largest absolute Gasteiger partial charge is 0.468 e. The summed E-state index contributed by atoms with van der Waals surface area (Å²) in [5.41, 5.74) is 0.506. The predicted molar refractivity (Wildman–Crippen MR) is 97.5 cm³/mol. The number of aromatic nitrogens is 2. The molecule has 0 unspecified atom stereocenters. The van der Waals surface area contributed by atoms with E-state index in [9.17, 15) is 4.79 Å². The van der Waals surface area contributed by atoms with Gasteiger partial charge in [0.15, 0.2) is 5.41 Å². The first kappa shape index (κ1) is 20.3. The molecule has 0 saturated carbocycles. The molecule has 3 N–H and O–H groups in total. The van der Waals surface area contributed by atoms with Crippen LogP contribution in [0.15, 0.2) is 73.1 Å². The van der Waals surface area contributed by atoms with Gasteiger partial charge in [0, 0.05) is 12.4 Å². The highest BCUT2D eigenvalue weighted by atomic mass is 32.3. The molecule has 0 fully saturated rings. The second kappa shape index (κ2) is 8.58. The fourth-order valence-electron chi connectivity index (χ4n) is 2.77. The van der Waals surface area contributed by atoms with Crippen LogP contribution >= 0.6 is 0 Å². The zero-order valence-corrected chi connectivity index (χ0v) is 15.1. The van der Waals surface area contributed by atoms with Crippen LogP contribution in [-0.2, 0) is 25.3 Å². The molecule has 142 valence electrons. The van der Waals surface area contributed by atoms with E-state index < -0.39 is 15.8 Å². The van der Waals surface area contributed by atoms with Crippen LogP contribution in [0.5, 0.6) is 0 Å². The van der Waals surface area contributed by atoms with Crippen LogP contribution in [0.2, 0.25) is 0 Å². The van der Waals surface area contributed by atoms with Crippen molar-refractivity contribution in [2.24, 2.45) is 0 Å². The van der Waals surface area contributed by atoms with E-state index in [4.69, 9.17) is 22.3 Å². The number of carbonyl (C=O) groups excluding carboxylic acids is 1. The predicted octanol–water partition coefficient (Wildman–Crippen LogP) is 2.26. The van der Waals surface area contributed by atoms with Crippen LogP contribution in [0.1, 0.15) is 17.0 Å². The molecule has 3 aromatic rings. The summed E-state index contributed by atoms with van der Waals surface area (Å²) in [4.78, 5) is 20.3. The number of hydrogen-bond donors (Lipinski definition) is 3. The molecule has 27 heavy (non-hydrogen) atoms. The molecule has 2 aromatic carbocycles. The van der Waals surface area contributed by atoms with Crippen molar-refractivity contribution in [1.29, 1.82) is 0 Å². The number of ether oxygens (including phenoxy) is 1. The normalized spacial score (nSPS) is 11.2. The van der Waals surface area contributed by atoms with E-state index in [1.165, 1.54) is 7.11 Å². The maximum atomic E-state index is 12.9. The van der Waals surface area contributed by atoms with Gasteiger partial charge in [-0.15, -0.1) is 0 Å². The van der Waals surface area contributed by atoms with E-state index in [0.29, 0.717) is 5.82 Å². The summed E-state index contributed by atoms with van der Waals surface area (Å²) in [6.07, 6.45) is 3.35. The minimum absolute atomic E-state index is 0.375. The SMILES string of the molecule is COC(=O)C(c1ccccc1)(c1ccccc1)c1ncc[nH]1.O=S(=O)(O)O. The number of aromatic amines is 1. The van der Waals surface area contributed by atoms with Gasteiger partial charge < -0.3 is 9.72 Å². The number of carbonyl (C=O) groups is 1. The molecule has 0 aliphatic rings. The molecule has 0 atom stereocenters. The zero-order chi connectivity index (χ0) is 19.9. The van der Waals surface area contributed by atoms with Crippen molar-refractivity contribution >= 4 is 16.4 Å². The van der Waals surface area contributed by atoms with Crippen molar-refractivity contribution < 1.29 is 27.1 Å². The van der Waals surface area contributed by atoms with Gasteiger partial charge in [-0.1, -0.05) is 60.7 Å².